The zero-order valence-corrected chi connectivity index (χ0v) is 14.3. The summed E-state index contributed by atoms with van der Waals surface area (Å²) in [7, 11) is 1.38. The van der Waals surface area contributed by atoms with Crippen LogP contribution in [0.5, 0.6) is 5.75 Å². The van der Waals surface area contributed by atoms with E-state index in [0.29, 0.717) is 30.9 Å². The van der Waals surface area contributed by atoms with Crippen molar-refractivity contribution in [1.29, 1.82) is 0 Å². The minimum atomic E-state index is -0.655. The molecule has 0 unspecified atom stereocenters. The molecule has 8 heteroatoms. The van der Waals surface area contributed by atoms with Crippen molar-refractivity contribution in [3.8, 4) is 5.75 Å². The van der Waals surface area contributed by atoms with Gasteiger partial charge in [0.15, 0.2) is 17.3 Å². The van der Waals surface area contributed by atoms with E-state index in [1.807, 2.05) is 4.90 Å². The van der Waals surface area contributed by atoms with Gasteiger partial charge < -0.3 is 15.4 Å². The number of carbonyl (C=O) groups excluding carboxylic acids is 2. The quantitative estimate of drug-likeness (QED) is 0.819. The molecule has 1 atom stereocenters. The molecule has 2 heterocycles. The lowest BCUT2D eigenvalue weighted by atomic mass is 9.90. The second-order valence-electron chi connectivity index (χ2n) is 6.13. The molecule has 0 radical (unpaired) electrons. The topological polar surface area (TPSA) is 98.4 Å². The first kappa shape index (κ1) is 17.8. The van der Waals surface area contributed by atoms with Crippen LogP contribution in [0.3, 0.4) is 0 Å². The Kier molecular flexibility index (Phi) is 5.11. The summed E-state index contributed by atoms with van der Waals surface area (Å²) in [6, 6.07) is 4.22. The van der Waals surface area contributed by atoms with Crippen molar-refractivity contribution in [2.75, 3.05) is 25.1 Å². The predicted molar refractivity (Wildman–Crippen MR) is 92.8 cm³/mol. The zero-order chi connectivity index (χ0) is 18.7. The molecule has 0 aliphatic carbocycles. The molecule has 0 spiro atoms. The van der Waals surface area contributed by atoms with E-state index in [4.69, 9.17) is 10.5 Å². The summed E-state index contributed by atoms with van der Waals surface area (Å²) < 4.78 is 18.8. The van der Waals surface area contributed by atoms with Crippen molar-refractivity contribution in [3.05, 3.63) is 47.7 Å². The van der Waals surface area contributed by atoms with Crippen molar-refractivity contribution in [2.24, 2.45) is 11.7 Å². The van der Waals surface area contributed by atoms with Crippen LogP contribution in [0.15, 0.2) is 30.6 Å². The fraction of sp³-hybridized carbons (Fsp3) is 0.333. The lowest BCUT2D eigenvalue weighted by molar-refractivity contribution is 0.0905. The first-order valence-corrected chi connectivity index (χ1v) is 8.24. The molecule has 1 aliphatic heterocycles. The number of hydrogen-bond acceptors (Lipinski definition) is 6. The first-order valence-electron chi connectivity index (χ1n) is 8.24. The number of aromatic nitrogens is 2. The SMILES string of the molecule is COc1ccc(C(=O)[C@H]2CCCN(c3cncc(C(N)=O)n3)C2)cc1F. The molecule has 1 aromatic carbocycles. The Labute approximate surface area is 150 Å². The molecule has 1 aliphatic rings. The number of piperidine rings is 1. The third-order valence-corrected chi connectivity index (χ3v) is 4.43. The third-order valence-electron chi connectivity index (χ3n) is 4.43. The van der Waals surface area contributed by atoms with Crippen LogP contribution >= 0.6 is 0 Å². The van der Waals surface area contributed by atoms with E-state index in [2.05, 4.69) is 9.97 Å². The monoisotopic (exact) mass is 358 g/mol. The summed E-state index contributed by atoms with van der Waals surface area (Å²) in [6.07, 6.45) is 4.31. The number of Topliss-reactive ketones (excluding diaryl/α,β-unsaturated/α-hetero) is 1. The average molecular weight is 358 g/mol. The molecule has 1 amide bonds. The van der Waals surface area contributed by atoms with Gasteiger partial charge in [-0.2, -0.15) is 0 Å². The number of nitrogens with two attached hydrogens (primary N) is 1. The molecule has 2 N–H and O–H groups in total. The Hall–Kier alpha value is -3.03. The summed E-state index contributed by atoms with van der Waals surface area (Å²) in [5, 5.41) is 0. The lowest BCUT2D eigenvalue weighted by Gasteiger charge is -2.32. The lowest BCUT2D eigenvalue weighted by Crippen LogP contribution is -2.39. The molecular weight excluding hydrogens is 339 g/mol. The summed E-state index contributed by atoms with van der Waals surface area (Å²) >= 11 is 0. The smallest absolute Gasteiger partial charge is 0.268 e. The minimum absolute atomic E-state index is 0.0770. The molecule has 136 valence electrons. The third kappa shape index (κ3) is 3.63. The van der Waals surface area contributed by atoms with Crippen molar-refractivity contribution in [1.82, 2.24) is 9.97 Å². The van der Waals surface area contributed by atoms with Crippen LogP contribution in [0.1, 0.15) is 33.7 Å². The number of ketones is 1. The predicted octanol–water partition coefficient (Wildman–Crippen LogP) is 1.82. The Morgan fingerprint density at radius 1 is 1.35 bits per heavy atom. The van der Waals surface area contributed by atoms with E-state index in [-0.39, 0.29) is 23.1 Å². The van der Waals surface area contributed by atoms with Gasteiger partial charge in [0.2, 0.25) is 0 Å². The molecule has 7 nitrogen and oxygen atoms in total. The largest absolute Gasteiger partial charge is 0.494 e. The number of nitrogens with zero attached hydrogens (tertiary/aromatic N) is 3. The fourth-order valence-electron chi connectivity index (χ4n) is 3.08. The normalized spacial score (nSPS) is 17.0. The molecule has 0 bridgehead atoms. The van der Waals surface area contributed by atoms with Gasteiger partial charge in [0.1, 0.15) is 11.5 Å². The second kappa shape index (κ2) is 7.47. The number of amides is 1. The highest BCUT2D eigenvalue weighted by molar-refractivity contribution is 5.98. The van der Waals surface area contributed by atoms with Crippen molar-refractivity contribution >= 4 is 17.5 Å². The van der Waals surface area contributed by atoms with Gasteiger partial charge in [-0.05, 0) is 31.0 Å². The molecule has 1 saturated heterocycles. The van der Waals surface area contributed by atoms with E-state index in [0.717, 1.165) is 6.42 Å². The van der Waals surface area contributed by atoms with Gasteiger partial charge in [0, 0.05) is 24.6 Å². The van der Waals surface area contributed by atoms with Crippen LogP contribution in [0, 0.1) is 11.7 Å². The first-order chi connectivity index (χ1) is 12.5. The Morgan fingerprint density at radius 2 is 2.15 bits per heavy atom. The molecule has 1 fully saturated rings. The second-order valence-corrected chi connectivity index (χ2v) is 6.13. The van der Waals surface area contributed by atoms with E-state index < -0.39 is 11.7 Å². The van der Waals surface area contributed by atoms with E-state index in [1.54, 1.807) is 6.07 Å². The van der Waals surface area contributed by atoms with Gasteiger partial charge in [-0.25, -0.2) is 9.37 Å². The highest BCUT2D eigenvalue weighted by Crippen LogP contribution is 2.26. The molecule has 3 rings (SSSR count). The van der Waals surface area contributed by atoms with Gasteiger partial charge in [-0.15, -0.1) is 0 Å². The number of hydrogen-bond donors (Lipinski definition) is 1. The van der Waals surface area contributed by atoms with Crippen LogP contribution in [-0.2, 0) is 0 Å². The van der Waals surface area contributed by atoms with Gasteiger partial charge >= 0.3 is 0 Å². The Morgan fingerprint density at radius 3 is 2.85 bits per heavy atom. The molecule has 0 saturated carbocycles. The Bertz CT molecular complexity index is 843. The number of methoxy groups -OCH3 is 1. The highest BCUT2D eigenvalue weighted by Gasteiger charge is 2.28. The van der Waals surface area contributed by atoms with Crippen LogP contribution in [0.25, 0.3) is 0 Å². The summed E-state index contributed by atoms with van der Waals surface area (Å²) in [5.41, 5.74) is 5.63. The average Bonchev–Trinajstić information content (AvgIpc) is 2.67. The highest BCUT2D eigenvalue weighted by atomic mass is 19.1. The Balaban J connectivity index is 1.78. The molecular formula is C18H19FN4O3. The molecule has 26 heavy (non-hydrogen) atoms. The number of primary amides is 1. The van der Waals surface area contributed by atoms with E-state index in [9.17, 15) is 14.0 Å². The van der Waals surface area contributed by atoms with Crippen LogP contribution in [0.2, 0.25) is 0 Å². The van der Waals surface area contributed by atoms with Gasteiger partial charge in [-0.3, -0.25) is 14.6 Å². The number of ether oxygens (including phenoxy) is 1. The summed E-state index contributed by atoms with van der Waals surface area (Å²) in [5.74, 6) is -1.04. The maximum absolute atomic E-state index is 13.9. The van der Waals surface area contributed by atoms with Gasteiger partial charge in [0.05, 0.1) is 19.5 Å². The number of benzene rings is 1. The van der Waals surface area contributed by atoms with Crippen LogP contribution in [0.4, 0.5) is 10.2 Å². The number of rotatable bonds is 5. The van der Waals surface area contributed by atoms with Crippen LogP contribution < -0.4 is 15.4 Å². The zero-order valence-electron chi connectivity index (χ0n) is 14.3. The maximum atomic E-state index is 13.9. The van der Waals surface area contributed by atoms with Crippen LogP contribution in [-0.4, -0.2) is 41.9 Å². The van der Waals surface area contributed by atoms with Crippen molar-refractivity contribution in [3.63, 3.8) is 0 Å². The minimum Gasteiger partial charge on any atom is -0.494 e. The summed E-state index contributed by atoms with van der Waals surface area (Å²) in [6.45, 7) is 1.11. The van der Waals surface area contributed by atoms with Gasteiger partial charge in [0.25, 0.3) is 5.91 Å². The number of anilines is 1. The van der Waals surface area contributed by atoms with Crippen molar-refractivity contribution in [2.45, 2.75) is 12.8 Å². The number of carbonyl (C=O) groups is 2. The molecule has 2 aromatic rings. The van der Waals surface area contributed by atoms with Crippen molar-refractivity contribution < 1.29 is 18.7 Å². The maximum Gasteiger partial charge on any atom is 0.268 e. The fourth-order valence-corrected chi connectivity index (χ4v) is 3.08. The van der Waals surface area contributed by atoms with Gasteiger partial charge in [-0.1, -0.05) is 0 Å². The van der Waals surface area contributed by atoms with E-state index in [1.165, 1.54) is 31.6 Å². The summed E-state index contributed by atoms with van der Waals surface area (Å²) in [4.78, 5) is 34.1. The van der Waals surface area contributed by atoms with E-state index >= 15 is 0 Å². The number of halogens is 1. The standard InChI is InChI=1S/C18H19FN4O3/c1-26-15-5-4-11(7-13(15)19)17(24)12-3-2-6-23(10-12)16-9-21-8-14(22-16)18(20)25/h4-5,7-9,12H,2-3,6,10H2,1H3,(H2,20,25)/t12-/m0/s1. The molecule has 1 aromatic heterocycles.